The first-order valence-electron chi connectivity index (χ1n) is 4.71. The molecule has 1 aromatic heterocycles. The number of nitrogens with zero attached hydrogens (tertiary/aromatic N) is 3. The summed E-state index contributed by atoms with van der Waals surface area (Å²) in [5.41, 5.74) is -0.438. The first-order chi connectivity index (χ1) is 7.60. The van der Waals surface area contributed by atoms with Gasteiger partial charge in [0.25, 0.3) is 5.91 Å². The molecule has 0 radical (unpaired) electrons. The van der Waals surface area contributed by atoms with Gasteiger partial charge in [0.2, 0.25) is 5.69 Å². The van der Waals surface area contributed by atoms with Crippen molar-refractivity contribution in [2.45, 2.75) is 13.5 Å². The molecule has 0 saturated heterocycles. The number of nitro groups is 1. The molecule has 0 saturated carbocycles. The lowest BCUT2D eigenvalue weighted by molar-refractivity contribution is -0.385. The first-order valence-corrected chi connectivity index (χ1v) is 5.34. The van der Waals surface area contributed by atoms with Crippen LogP contribution in [-0.4, -0.2) is 32.9 Å². The molecule has 0 aromatic carbocycles. The number of carbonyl (C=O) groups excluding carboxylic acids is 1. The summed E-state index contributed by atoms with van der Waals surface area (Å²) in [7, 11) is 0. The molecular formula is C8H12N4O3S. The Kier molecular flexibility index (Phi) is 4.29. The molecule has 1 amide bonds. The molecule has 7 nitrogen and oxygen atoms in total. The van der Waals surface area contributed by atoms with Crippen LogP contribution in [0, 0.1) is 10.1 Å². The van der Waals surface area contributed by atoms with E-state index < -0.39 is 10.8 Å². The summed E-state index contributed by atoms with van der Waals surface area (Å²) in [4.78, 5) is 21.6. The van der Waals surface area contributed by atoms with Crippen LogP contribution in [0.15, 0.2) is 6.20 Å². The monoisotopic (exact) mass is 244 g/mol. The van der Waals surface area contributed by atoms with E-state index in [1.54, 1.807) is 6.92 Å². The zero-order chi connectivity index (χ0) is 12.1. The Morgan fingerprint density at radius 3 is 2.94 bits per heavy atom. The molecule has 16 heavy (non-hydrogen) atoms. The third-order valence-electron chi connectivity index (χ3n) is 1.88. The summed E-state index contributed by atoms with van der Waals surface area (Å²) in [6, 6.07) is 0. The van der Waals surface area contributed by atoms with Crippen molar-refractivity contribution in [2.24, 2.45) is 0 Å². The molecule has 0 aliphatic heterocycles. The van der Waals surface area contributed by atoms with Gasteiger partial charge in [-0.25, -0.2) is 0 Å². The standard InChI is InChI=1S/C8H12N4O3S/c1-2-11-5-6(12(14)15)7(10-11)8(13)9-3-4-16/h5,16H,2-4H2,1H3,(H,9,13). The third kappa shape index (κ3) is 2.72. The van der Waals surface area contributed by atoms with E-state index in [9.17, 15) is 14.9 Å². The molecule has 0 aliphatic rings. The van der Waals surface area contributed by atoms with E-state index in [1.165, 1.54) is 10.9 Å². The van der Waals surface area contributed by atoms with Crippen molar-refractivity contribution in [1.82, 2.24) is 15.1 Å². The average molecular weight is 244 g/mol. The van der Waals surface area contributed by atoms with Gasteiger partial charge in [-0.2, -0.15) is 17.7 Å². The Balaban J connectivity index is 2.96. The van der Waals surface area contributed by atoms with Crippen LogP contribution >= 0.6 is 12.6 Å². The molecule has 88 valence electrons. The van der Waals surface area contributed by atoms with Gasteiger partial charge in [0.15, 0.2) is 0 Å². The van der Waals surface area contributed by atoms with Gasteiger partial charge in [-0.05, 0) is 6.92 Å². The van der Waals surface area contributed by atoms with Gasteiger partial charge in [0.1, 0.15) is 6.20 Å². The van der Waals surface area contributed by atoms with Crippen molar-refractivity contribution in [3.05, 3.63) is 22.0 Å². The van der Waals surface area contributed by atoms with Gasteiger partial charge >= 0.3 is 5.69 Å². The normalized spacial score (nSPS) is 10.1. The number of hydrogen-bond donors (Lipinski definition) is 2. The molecule has 0 aliphatic carbocycles. The Bertz CT molecular complexity index is 404. The fourth-order valence-electron chi connectivity index (χ4n) is 1.12. The van der Waals surface area contributed by atoms with Gasteiger partial charge in [0, 0.05) is 18.8 Å². The number of amides is 1. The van der Waals surface area contributed by atoms with E-state index in [0.717, 1.165) is 0 Å². The number of nitrogens with one attached hydrogen (secondary N) is 1. The predicted octanol–water partition coefficient (Wildman–Crippen LogP) is 0.471. The molecule has 0 atom stereocenters. The fraction of sp³-hybridized carbons (Fsp3) is 0.500. The number of thiol groups is 1. The molecule has 0 fully saturated rings. The summed E-state index contributed by atoms with van der Waals surface area (Å²) in [5, 5.41) is 17.0. The van der Waals surface area contributed by atoms with Gasteiger partial charge < -0.3 is 5.32 Å². The maximum absolute atomic E-state index is 11.5. The van der Waals surface area contributed by atoms with Crippen molar-refractivity contribution < 1.29 is 9.72 Å². The summed E-state index contributed by atoms with van der Waals surface area (Å²) < 4.78 is 1.35. The molecular weight excluding hydrogens is 232 g/mol. The van der Waals surface area contributed by atoms with Crippen LogP contribution in [0.3, 0.4) is 0 Å². The Hall–Kier alpha value is -1.57. The highest BCUT2D eigenvalue weighted by molar-refractivity contribution is 7.80. The molecule has 0 bridgehead atoms. The van der Waals surface area contributed by atoms with Gasteiger partial charge in [-0.15, -0.1) is 0 Å². The maximum Gasteiger partial charge on any atom is 0.320 e. The number of aromatic nitrogens is 2. The minimum atomic E-state index is -0.616. The Morgan fingerprint density at radius 1 is 1.75 bits per heavy atom. The highest BCUT2D eigenvalue weighted by atomic mass is 32.1. The second-order valence-electron chi connectivity index (χ2n) is 2.96. The van der Waals surface area contributed by atoms with Crippen molar-refractivity contribution in [1.29, 1.82) is 0 Å². The van der Waals surface area contributed by atoms with Crippen molar-refractivity contribution in [3.63, 3.8) is 0 Å². The zero-order valence-corrected chi connectivity index (χ0v) is 9.61. The predicted molar refractivity (Wildman–Crippen MR) is 60.7 cm³/mol. The first kappa shape index (κ1) is 12.5. The third-order valence-corrected chi connectivity index (χ3v) is 2.10. The molecule has 1 N–H and O–H groups in total. The summed E-state index contributed by atoms with van der Waals surface area (Å²) in [5.74, 6) is -0.0819. The molecule has 1 rings (SSSR count). The van der Waals surface area contributed by atoms with E-state index in [0.29, 0.717) is 18.8 Å². The molecule has 0 spiro atoms. The number of hydrogen-bond acceptors (Lipinski definition) is 5. The van der Waals surface area contributed by atoms with E-state index in [2.05, 4.69) is 23.0 Å². The SMILES string of the molecule is CCn1cc([N+](=O)[O-])c(C(=O)NCCS)n1. The van der Waals surface area contributed by atoms with E-state index >= 15 is 0 Å². The number of aryl methyl sites for hydroxylation is 1. The second-order valence-corrected chi connectivity index (χ2v) is 3.40. The van der Waals surface area contributed by atoms with Crippen LogP contribution in [-0.2, 0) is 6.54 Å². The topological polar surface area (TPSA) is 90.1 Å². The molecule has 0 unspecified atom stereocenters. The largest absolute Gasteiger partial charge is 0.350 e. The molecule has 8 heteroatoms. The Labute approximate surface area is 97.4 Å². The average Bonchev–Trinajstić information content (AvgIpc) is 2.70. The van der Waals surface area contributed by atoms with Gasteiger partial charge in [-0.1, -0.05) is 0 Å². The van der Waals surface area contributed by atoms with E-state index in [4.69, 9.17) is 0 Å². The molecule has 1 aromatic rings. The van der Waals surface area contributed by atoms with Crippen LogP contribution in [0.1, 0.15) is 17.4 Å². The highest BCUT2D eigenvalue weighted by Crippen LogP contribution is 2.16. The molecule has 1 heterocycles. The van der Waals surface area contributed by atoms with Crippen LogP contribution in [0.4, 0.5) is 5.69 Å². The summed E-state index contributed by atoms with van der Waals surface area (Å²) in [6.07, 6.45) is 1.25. The minimum Gasteiger partial charge on any atom is -0.350 e. The number of carbonyl (C=O) groups is 1. The number of rotatable bonds is 5. The lowest BCUT2D eigenvalue weighted by atomic mass is 10.3. The van der Waals surface area contributed by atoms with Crippen molar-refractivity contribution >= 4 is 24.2 Å². The lowest BCUT2D eigenvalue weighted by Gasteiger charge is -1.98. The lowest BCUT2D eigenvalue weighted by Crippen LogP contribution is -2.26. The van der Waals surface area contributed by atoms with Gasteiger partial charge in [-0.3, -0.25) is 19.6 Å². The second kappa shape index (κ2) is 5.50. The quantitative estimate of drug-likeness (QED) is 0.447. The maximum atomic E-state index is 11.5. The Morgan fingerprint density at radius 2 is 2.44 bits per heavy atom. The summed E-state index contributed by atoms with van der Waals surface area (Å²) >= 11 is 3.92. The van der Waals surface area contributed by atoms with Crippen LogP contribution < -0.4 is 5.32 Å². The van der Waals surface area contributed by atoms with Crippen LogP contribution in [0.25, 0.3) is 0 Å². The minimum absolute atomic E-state index is 0.159. The zero-order valence-electron chi connectivity index (χ0n) is 8.71. The van der Waals surface area contributed by atoms with E-state index in [1.807, 2.05) is 0 Å². The van der Waals surface area contributed by atoms with Crippen molar-refractivity contribution in [3.8, 4) is 0 Å². The van der Waals surface area contributed by atoms with E-state index in [-0.39, 0.29) is 11.4 Å². The van der Waals surface area contributed by atoms with Crippen molar-refractivity contribution in [2.75, 3.05) is 12.3 Å². The fourth-order valence-corrected chi connectivity index (χ4v) is 1.23. The smallest absolute Gasteiger partial charge is 0.320 e. The van der Waals surface area contributed by atoms with Crippen LogP contribution in [0.5, 0.6) is 0 Å². The van der Waals surface area contributed by atoms with Gasteiger partial charge in [0.05, 0.1) is 4.92 Å². The highest BCUT2D eigenvalue weighted by Gasteiger charge is 2.24. The summed E-state index contributed by atoms with van der Waals surface area (Å²) in [6.45, 7) is 2.60. The van der Waals surface area contributed by atoms with Crippen LogP contribution in [0.2, 0.25) is 0 Å².